The van der Waals surface area contributed by atoms with Gasteiger partial charge in [0.05, 0.1) is 16.0 Å². The summed E-state index contributed by atoms with van der Waals surface area (Å²) in [5, 5.41) is 20.2. The Morgan fingerprint density at radius 3 is 2.57 bits per heavy atom. The summed E-state index contributed by atoms with van der Waals surface area (Å²) >= 11 is 12.9. The number of aromatic nitrogens is 3. The molecule has 0 aliphatic heterocycles. The van der Waals surface area contributed by atoms with Gasteiger partial charge >= 0.3 is 5.88 Å². The van der Waals surface area contributed by atoms with Gasteiger partial charge in [-0.15, -0.1) is 10.2 Å². The third kappa shape index (κ3) is 5.83. The minimum atomic E-state index is -0.678. The number of hydrogen-bond acceptors (Lipinski definition) is 9. The first-order valence-electron chi connectivity index (χ1n) is 9.82. The Bertz CT molecular complexity index is 1420. The smallest absolute Gasteiger partial charge is 0.433 e. The molecule has 4 rings (SSSR count). The number of ketones is 1. The molecule has 2 N–H and O–H groups in total. The first kappa shape index (κ1) is 24.3. The minimum Gasteiger partial charge on any atom is -0.484 e. The van der Waals surface area contributed by atoms with Crippen molar-refractivity contribution < 1.29 is 18.9 Å². The molecule has 0 amide bonds. The molecule has 0 bridgehead atoms. The van der Waals surface area contributed by atoms with Crippen LogP contribution in [0.2, 0.25) is 10.0 Å². The molecule has 178 valence electrons. The Kier molecular flexibility index (Phi) is 7.39. The van der Waals surface area contributed by atoms with Gasteiger partial charge in [0.2, 0.25) is 5.16 Å². The quantitative estimate of drug-likeness (QED) is 0.0750. The lowest BCUT2D eigenvalue weighted by molar-refractivity contribution is -0.402. The van der Waals surface area contributed by atoms with Crippen LogP contribution in [0.15, 0.2) is 76.3 Å². The lowest BCUT2D eigenvalue weighted by Gasteiger charge is -2.08. The van der Waals surface area contributed by atoms with Crippen molar-refractivity contribution in [2.45, 2.75) is 11.8 Å². The van der Waals surface area contributed by atoms with E-state index >= 15 is 0 Å². The molecule has 2 aromatic carbocycles. The highest BCUT2D eigenvalue weighted by Gasteiger charge is 2.21. The van der Waals surface area contributed by atoms with Crippen LogP contribution in [0.5, 0.6) is 5.75 Å². The summed E-state index contributed by atoms with van der Waals surface area (Å²) in [6, 6.07) is 15.8. The van der Waals surface area contributed by atoms with Crippen LogP contribution in [-0.4, -0.2) is 25.6 Å². The second-order valence-corrected chi connectivity index (χ2v) is 8.72. The van der Waals surface area contributed by atoms with Crippen LogP contribution in [0.1, 0.15) is 21.9 Å². The number of thioether (sulfide) groups is 1. The first-order valence-corrected chi connectivity index (χ1v) is 11.4. The van der Waals surface area contributed by atoms with Gasteiger partial charge in [0, 0.05) is 16.7 Å². The Morgan fingerprint density at radius 1 is 1.14 bits per heavy atom. The Labute approximate surface area is 212 Å². The number of para-hydroxylation sites is 1. The second-order valence-electron chi connectivity index (χ2n) is 6.86. The molecule has 0 atom stereocenters. The number of nitrogens with zero attached hydrogens (tertiary/aromatic N) is 4. The van der Waals surface area contributed by atoms with Crippen LogP contribution in [0.4, 0.5) is 5.88 Å². The van der Waals surface area contributed by atoms with Crippen molar-refractivity contribution >= 4 is 51.5 Å². The van der Waals surface area contributed by atoms with Crippen molar-refractivity contribution in [3.63, 3.8) is 0 Å². The molecule has 0 aliphatic rings. The molecule has 0 aliphatic carbocycles. The van der Waals surface area contributed by atoms with Crippen molar-refractivity contribution in [3.05, 3.63) is 104 Å². The van der Waals surface area contributed by atoms with Crippen molar-refractivity contribution in [3.8, 4) is 5.75 Å². The number of halogens is 2. The number of carbonyl (C=O) groups excluding carboxylic acids is 1. The molecule has 0 saturated heterocycles. The highest BCUT2D eigenvalue weighted by molar-refractivity contribution is 8.08. The predicted molar refractivity (Wildman–Crippen MR) is 131 cm³/mol. The van der Waals surface area contributed by atoms with E-state index in [1.807, 2.05) is 0 Å². The van der Waals surface area contributed by atoms with Gasteiger partial charge in [-0.25, -0.2) is 4.68 Å². The summed E-state index contributed by atoms with van der Waals surface area (Å²) < 4.78 is 12.1. The highest BCUT2D eigenvalue weighted by atomic mass is 35.5. The average Bonchev–Trinajstić information content (AvgIpc) is 3.46. The zero-order valence-electron chi connectivity index (χ0n) is 17.6. The van der Waals surface area contributed by atoms with Gasteiger partial charge in [0.25, 0.3) is 0 Å². The second kappa shape index (κ2) is 10.6. The van der Waals surface area contributed by atoms with Gasteiger partial charge in [-0.2, -0.15) is 0 Å². The molecule has 0 saturated carbocycles. The SMILES string of the molecule is Nn1c(COc2ccccc2Cl)nnc1S/C(=C/C(=O)c1ccc(Cl)cc1)c1ccc([N+](=O)[O-])o1. The maximum absolute atomic E-state index is 12.8. The van der Waals surface area contributed by atoms with E-state index in [-0.39, 0.29) is 34.0 Å². The number of nitro groups is 1. The summed E-state index contributed by atoms with van der Waals surface area (Å²) in [6.45, 7) is -0.0250. The molecular formula is C22H15Cl2N5O5S. The molecular weight excluding hydrogens is 517 g/mol. The Morgan fingerprint density at radius 2 is 1.89 bits per heavy atom. The van der Waals surface area contributed by atoms with Gasteiger partial charge < -0.3 is 15.0 Å². The van der Waals surface area contributed by atoms with Crippen molar-refractivity contribution in [1.82, 2.24) is 14.9 Å². The fourth-order valence-corrected chi connectivity index (χ4v) is 3.98. The fourth-order valence-electron chi connectivity index (χ4n) is 2.80. The number of allylic oxidation sites excluding steroid dienone is 1. The number of nitrogens with two attached hydrogens (primary N) is 1. The van der Waals surface area contributed by atoms with Crippen LogP contribution in [0, 0.1) is 10.1 Å². The topological polar surface area (TPSA) is 139 Å². The predicted octanol–water partition coefficient (Wildman–Crippen LogP) is 5.40. The van der Waals surface area contributed by atoms with Gasteiger partial charge in [0.15, 0.2) is 11.6 Å². The summed E-state index contributed by atoms with van der Waals surface area (Å²) in [6.07, 6.45) is 1.27. The molecule has 13 heteroatoms. The normalized spacial score (nSPS) is 11.4. The van der Waals surface area contributed by atoms with Crippen LogP contribution >= 0.6 is 35.0 Å². The lowest BCUT2D eigenvalue weighted by atomic mass is 10.1. The van der Waals surface area contributed by atoms with Gasteiger partial charge in [-0.05, 0) is 54.2 Å². The molecule has 0 radical (unpaired) electrons. The number of carbonyl (C=O) groups is 1. The molecule has 0 spiro atoms. The monoisotopic (exact) mass is 531 g/mol. The van der Waals surface area contributed by atoms with Gasteiger partial charge in [-0.3, -0.25) is 14.9 Å². The number of ether oxygens (including phenoxy) is 1. The standard InChI is InChI=1S/C22H15Cl2N5O5S/c23-14-7-5-13(6-8-14)16(30)11-19(18-9-10-21(34-18)29(31)32)35-22-27-26-20(28(22)25)12-33-17-4-2-1-3-15(17)24/h1-11H,12,25H2/b19-11+. The molecule has 35 heavy (non-hydrogen) atoms. The number of benzene rings is 2. The van der Waals surface area contributed by atoms with Crippen molar-refractivity contribution in [1.29, 1.82) is 0 Å². The molecule has 2 aromatic heterocycles. The fraction of sp³-hybridized carbons (Fsp3) is 0.0455. The van der Waals surface area contributed by atoms with Crippen molar-refractivity contribution in [2.75, 3.05) is 5.84 Å². The highest BCUT2D eigenvalue weighted by Crippen LogP contribution is 2.36. The lowest BCUT2D eigenvalue weighted by Crippen LogP contribution is -2.15. The third-order valence-corrected chi connectivity index (χ3v) is 6.10. The zero-order valence-corrected chi connectivity index (χ0v) is 20.0. The summed E-state index contributed by atoms with van der Waals surface area (Å²) in [5.41, 5.74) is 0.358. The number of nitrogen functional groups attached to an aromatic ring is 1. The van der Waals surface area contributed by atoms with Crippen LogP contribution in [0.25, 0.3) is 4.91 Å². The average molecular weight is 532 g/mol. The minimum absolute atomic E-state index is 0.0250. The maximum Gasteiger partial charge on any atom is 0.433 e. The number of hydrogen-bond donors (Lipinski definition) is 1. The van der Waals surface area contributed by atoms with Gasteiger partial charge in [0.1, 0.15) is 23.0 Å². The van der Waals surface area contributed by atoms with E-state index in [9.17, 15) is 14.9 Å². The van der Waals surface area contributed by atoms with Crippen LogP contribution in [-0.2, 0) is 6.61 Å². The van der Waals surface area contributed by atoms with E-state index in [1.165, 1.54) is 22.9 Å². The Hall–Kier alpha value is -3.80. The molecule has 0 unspecified atom stereocenters. The van der Waals surface area contributed by atoms with E-state index in [0.717, 1.165) is 11.8 Å². The molecule has 2 heterocycles. The van der Waals surface area contributed by atoms with Crippen LogP contribution in [0.3, 0.4) is 0 Å². The summed E-state index contributed by atoms with van der Waals surface area (Å²) in [7, 11) is 0. The summed E-state index contributed by atoms with van der Waals surface area (Å²) in [5.74, 6) is 6.09. The van der Waals surface area contributed by atoms with Crippen molar-refractivity contribution in [2.24, 2.45) is 0 Å². The Balaban J connectivity index is 1.60. The number of rotatable bonds is 9. The third-order valence-electron chi connectivity index (χ3n) is 4.54. The maximum atomic E-state index is 12.8. The number of furan rings is 1. The molecule has 10 nitrogen and oxygen atoms in total. The molecule has 0 fully saturated rings. The summed E-state index contributed by atoms with van der Waals surface area (Å²) in [4.78, 5) is 23.5. The van der Waals surface area contributed by atoms with E-state index < -0.39 is 10.8 Å². The first-order chi connectivity index (χ1) is 16.8. The van der Waals surface area contributed by atoms with E-state index in [4.69, 9.17) is 38.2 Å². The van der Waals surface area contributed by atoms with Crippen LogP contribution < -0.4 is 10.6 Å². The van der Waals surface area contributed by atoms with E-state index in [1.54, 1.807) is 48.5 Å². The molecule has 4 aromatic rings. The van der Waals surface area contributed by atoms with E-state index in [0.29, 0.717) is 21.4 Å². The van der Waals surface area contributed by atoms with E-state index in [2.05, 4.69) is 10.2 Å². The largest absolute Gasteiger partial charge is 0.484 e. The zero-order chi connectivity index (χ0) is 24.9. The van der Waals surface area contributed by atoms with Gasteiger partial charge in [-0.1, -0.05) is 35.3 Å².